The van der Waals surface area contributed by atoms with Crippen molar-refractivity contribution in [2.45, 2.75) is 76.7 Å². The third-order valence-electron chi connectivity index (χ3n) is 13.9. The van der Waals surface area contributed by atoms with Crippen molar-refractivity contribution in [1.82, 2.24) is 24.2 Å². The van der Waals surface area contributed by atoms with Crippen LogP contribution >= 0.6 is 11.6 Å². The Kier molecular flexibility index (Phi) is 15.4. The van der Waals surface area contributed by atoms with Gasteiger partial charge in [-0.15, -0.1) is 10.2 Å². The number of nitriles is 1. The number of imidazole rings is 1. The van der Waals surface area contributed by atoms with Crippen LogP contribution in [0.5, 0.6) is 5.75 Å². The number of carbonyl (C=O) groups is 1. The number of rotatable bonds is 11. The van der Waals surface area contributed by atoms with Crippen LogP contribution in [-0.2, 0) is 20.5 Å². The minimum Gasteiger partial charge on any atom is -0.490 e. The number of fused-ring (bicyclic) bond motifs is 2. The van der Waals surface area contributed by atoms with E-state index in [1.807, 2.05) is 31.3 Å². The van der Waals surface area contributed by atoms with Gasteiger partial charge in [0.25, 0.3) is 12.3 Å². The molecule has 0 unspecified atom stereocenters. The molecule has 0 radical (unpaired) electrons. The summed E-state index contributed by atoms with van der Waals surface area (Å²) in [6, 6.07) is 18.3. The van der Waals surface area contributed by atoms with Crippen molar-refractivity contribution in [2.24, 2.45) is 36.5 Å². The van der Waals surface area contributed by atoms with Crippen LogP contribution in [0.15, 0.2) is 76.7 Å². The summed E-state index contributed by atoms with van der Waals surface area (Å²) in [4.78, 5) is 35.5. The molecule has 14 nitrogen and oxygen atoms in total. The zero-order chi connectivity index (χ0) is 48.8. The lowest BCUT2D eigenvalue weighted by Crippen LogP contribution is -2.40. The fourth-order valence-corrected chi connectivity index (χ4v) is 10.4. The summed E-state index contributed by atoms with van der Waals surface area (Å²) in [6.07, 6.45) is 13.3. The first-order valence-electron chi connectivity index (χ1n) is 23.8. The summed E-state index contributed by atoms with van der Waals surface area (Å²) in [7, 11) is 5.18. The van der Waals surface area contributed by atoms with Crippen molar-refractivity contribution in [3.05, 3.63) is 116 Å². The number of nitrogens with two attached hydrogens (primary N) is 2. The molecule has 17 heteroatoms. The molecular weight excluding hydrogens is 900 g/mol. The monoisotopic (exact) mass is 959 g/mol. The van der Waals surface area contributed by atoms with Gasteiger partial charge in [0.1, 0.15) is 11.8 Å². The second kappa shape index (κ2) is 21.8. The van der Waals surface area contributed by atoms with Gasteiger partial charge in [-0.2, -0.15) is 5.26 Å². The maximum atomic E-state index is 14.6. The number of carbonyl (C=O) groups excluding carboxylic acids is 1. The zero-order valence-corrected chi connectivity index (χ0v) is 40.3. The number of alkyl halides is 2. The summed E-state index contributed by atoms with van der Waals surface area (Å²) in [5.74, 6) is 1.50. The largest absolute Gasteiger partial charge is 0.490 e. The molecule has 4 aliphatic rings. The molecule has 3 aliphatic heterocycles. The first-order chi connectivity index (χ1) is 33.4. The van der Waals surface area contributed by atoms with Crippen molar-refractivity contribution in [1.29, 1.82) is 5.26 Å². The quantitative estimate of drug-likeness (QED) is 0.122. The minimum atomic E-state index is -2.70. The van der Waals surface area contributed by atoms with Crippen LogP contribution in [0.3, 0.4) is 0 Å². The van der Waals surface area contributed by atoms with Crippen molar-refractivity contribution in [3.63, 3.8) is 0 Å². The van der Waals surface area contributed by atoms with E-state index in [0.29, 0.717) is 40.3 Å². The van der Waals surface area contributed by atoms with Crippen LogP contribution in [0.4, 0.5) is 26.0 Å². The number of benzene rings is 3. The number of aliphatic imine (C=N–C) groups is 1. The Balaban J connectivity index is 0.000000338. The molecule has 0 spiro atoms. The van der Waals surface area contributed by atoms with Crippen LogP contribution in [0.1, 0.15) is 103 Å². The lowest BCUT2D eigenvalue weighted by atomic mass is 9.91. The number of hydrogen-bond donors (Lipinski definition) is 2. The number of amides is 1. The molecule has 1 saturated heterocycles. The smallest absolute Gasteiger partial charge is 0.328 e. The molecule has 5 heterocycles. The van der Waals surface area contributed by atoms with E-state index in [2.05, 4.69) is 42.0 Å². The van der Waals surface area contributed by atoms with E-state index in [0.717, 1.165) is 123 Å². The number of allylic oxidation sites excluding steroid dienone is 1. The Morgan fingerprint density at radius 2 is 1.75 bits per heavy atom. The van der Waals surface area contributed by atoms with Crippen molar-refractivity contribution in [2.75, 3.05) is 56.1 Å². The summed E-state index contributed by atoms with van der Waals surface area (Å²) < 4.78 is 38.4. The summed E-state index contributed by atoms with van der Waals surface area (Å²) in [5, 5.41) is 17.4. The fourth-order valence-electron chi connectivity index (χ4n) is 10.2. The molecule has 2 fully saturated rings. The van der Waals surface area contributed by atoms with E-state index < -0.39 is 12.3 Å². The first kappa shape index (κ1) is 48.9. The van der Waals surface area contributed by atoms with Gasteiger partial charge in [-0.1, -0.05) is 24.1 Å². The second-order valence-electron chi connectivity index (χ2n) is 18.3. The van der Waals surface area contributed by atoms with Gasteiger partial charge in [-0.3, -0.25) is 23.8 Å². The normalized spacial score (nSPS) is 17.4. The minimum absolute atomic E-state index is 0.0889. The molecule has 9 rings (SSSR count). The number of aromatic nitrogens is 4. The topological polar surface area (TPSA) is 177 Å². The average Bonchev–Trinajstić information content (AvgIpc) is 3.58. The Labute approximate surface area is 406 Å². The van der Waals surface area contributed by atoms with Crippen LogP contribution < -0.4 is 31.7 Å². The Morgan fingerprint density at radius 1 is 0.971 bits per heavy atom. The Hall–Kier alpha value is -6.57. The molecule has 69 heavy (non-hydrogen) atoms. The number of nitrogens with zero attached hydrogens (tertiary/aromatic N) is 9. The van der Waals surface area contributed by atoms with Gasteiger partial charge in [0, 0.05) is 107 Å². The molecule has 1 saturated carbocycles. The van der Waals surface area contributed by atoms with Crippen LogP contribution in [0.25, 0.3) is 22.2 Å². The maximum Gasteiger partial charge on any atom is 0.328 e. The number of aryl methyl sites for hydroxylation is 3. The number of anilines is 3. The highest BCUT2D eigenvalue weighted by Crippen LogP contribution is 2.42. The lowest BCUT2D eigenvalue weighted by Gasteiger charge is -2.36. The molecule has 5 aromatic rings. The van der Waals surface area contributed by atoms with Crippen LogP contribution in [0, 0.1) is 17.2 Å². The predicted molar refractivity (Wildman–Crippen MR) is 270 cm³/mol. The third-order valence-corrected chi connectivity index (χ3v) is 14.2. The highest BCUT2D eigenvalue weighted by atomic mass is 35.5. The summed E-state index contributed by atoms with van der Waals surface area (Å²) in [6.45, 7) is 5.08. The van der Waals surface area contributed by atoms with Gasteiger partial charge >= 0.3 is 5.69 Å². The molecule has 3 aromatic carbocycles. The maximum absolute atomic E-state index is 14.6. The Bertz CT molecular complexity index is 2870. The second-order valence-corrected chi connectivity index (χ2v) is 18.7. The number of ether oxygens (including phenoxy) is 1. The van der Waals surface area contributed by atoms with E-state index in [1.165, 1.54) is 37.3 Å². The fraction of sp³-hybridized carbons (Fsp3) is 0.423. The Morgan fingerprint density at radius 3 is 2.39 bits per heavy atom. The first-order valence-corrected chi connectivity index (χ1v) is 24.2. The number of hydrogen-bond acceptors (Lipinski definition) is 11. The molecule has 1 amide bonds. The van der Waals surface area contributed by atoms with Gasteiger partial charge in [0.05, 0.1) is 27.7 Å². The van der Waals surface area contributed by atoms with Crippen LogP contribution in [0.2, 0.25) is 5.02 Å². The number of primary amides is 1. The number of halogens is 3. The SMILES string of the molecule is CN=C/C(=C\N)c1cc2c(cc1C(F)F)N(c1cc(C3=CCN(CC4CCN(c5ccc(C(N)=O)nn5)CC4)CC3)c3c(c1)n(C)c(=O)n3C)CCC2.N#Cc1ccc(OC2CCCCC2)cc1Cl. The van der Waals surface area contributed by atoms with Gasteiger partial charge in [0.2, 0.25) is 0 Å². The molecule has 2 aromatic heterocycles. The molecule has 362 valence electrons. The van der Waals surface area contributed by atoms with E-state index in [-0.39, 0.29) is 16.9 Å². The van der Waals surface area contributed by atoms with E-state index >= 15 is 0 Å². The standard InChI is InChI=1S/C39H46F2N10O2.C13H14ClNO/c1-44-22-27(21-42)29-17-26-5-4-12-51(33(26)20-31(29)37(40)41)28-18-30(36-34(19-28)47(2)39(53)48(36)3)25-10-13-49(14-11-25)23-24-8-15-50(16-9-24)35-7-6-32(38(43)52)45-46-35;14-13-8-12(7-6-10(13)9-15)16-11-4-2-1-3-5-11/h6-7,10,17-22,24,37H,4-5,8-9,11-16,23,42H2,1-3H3,(H2,43,52);6-8,11H,1-5H2/b27-21+,44-22?;. The van der Waals surface area contributed by atoms with Gasteiger partial charge in [-0.05, 0) is 129 Å². The summed E-state index contributed by atoms with van der Waals surface area (Å²) in [5.41, 5.74) is 18.9. The van der Waals surface area contributed by atoms with Crippen LogP contribution in [-0.4, -0.2) is 88.8 Å². The van der Waals surface area contributed by atoms with Crippen molar-refractivity contribution < 1.29 is 18.3 Å². The van der Waals surface area contributed by atoms with E-state index in [9.17, 15) is 18.4 Å². The third kappa shape index (κ3) is 10.8. The molecule has 0 atom stereocenters. The number of piperidine rings is 1. The lowest BCUT2D eigenvalue weighted by molar-refractivity contribution is 0.0994. The summed E-state index contributed by atoms with van der Waals surface area (Å²) >= 11 is 5.94. The molecule has 1 aliphatic carbocycles. The van der Waals surface area contributed by atoms with Crippen molar-refractivity contribution in [3.8, 4) is 11.8 Å². The van der Waals surface area contributed by atoms with Gasteiger partial charge in [0.15, 0.2) is 11.5 Å². The van der Waals surface area contributed by atoms with Gasteiger partial charge in [-0.25, -0.2) is 13.6 Å². The van der Waals surface area contributed by atoms with Crippen molar-refractivity contribution >= 4 is 63.1 Å². The van der Waals surface area contributed by atoms with E-state index in [1.54, 1.807) is 53.6 Å². The average molecular weight is 961 g/mol. The molecular formula is C52H60ClF2N11O3. The van der Waals surface area contributed by atoms with E-state index in [4.69, 9.17) is 33.1 Å². The highest BCUT2D eigenvalue weighted by molar-refractivity contribution is 6.31. The predicted octanol–water partition coefficient (Wildman–Crippen LogP) is 8.72. The molecule has 0 bridgehead atoms. The molecule has 4 N–H and O–H groups in total. The highest BCUT2D eigenvalue weighted by Gasteiger charge is 2.29. The van der Waals surface area contributed by atoms with Gasteiger partial charge < -0.3 is 26.0 Å². The zero-order valence-electron chi connectivity index (χ0n) is 39.5.